The maximum Gasteiger partial charge on any atom is 0.407 e. The summed E-state index contributed by atoms with van der Waals surface area (Å²) in [4.78, 5) is 70.8. The van der Waals surface area contributed by atoms with E-state index in [1.807, 2.05) is 24.9 Å². The van der Waals surface area contributed by atoms with Gasteiger partial charge in [-0.3, -0.25) is 9.59 Å². The van der Waals surface area contributed by atoms with E-state index in [0.717, 1.165) is 69.5 Å². The van der Waals surface area contributed by atoms with E-state index >= 15 is 0 Å². The predicted molar refractivity (Wildman–Crippen MR) is 224 cm³/mol. The Morgan fingerprint density at radius 1 is 0.783 bits per heavy atom. The summed E-state index contributed by atoms with van der Waals surface area (Å²) in [5.74, 6) is 1.15. The average Bonchev–Trinajstić information content (AvgIpc) is 3.75. The standard InChI is InChI=1S/C45H52N8O7/c1-26(2)39(51-44(57)60-5)42(55)53-25-45(14-15-45)19-37(53)41-47-21-35(50-41)33-13-12-31-17-30(10-11-32(31)18-33)28-6-8-29(9-7-28)34-20-46-40(49-34)36-16-27(24-58-3)23-52(36)38(54)22-48-43(56)59-4/h6-13,17-18,20-21,26-27,36-37,39H,14-16,19,22-25H2,1-5H3,(H,46,49)(H,47,50)(H,48,56)(H,51,57)/t27-,36-,37-,39-/m0/s1. The van der Waals surface area contributed by atoms with Crippen molar-refractivity contribution in [3.63, 3.8) is 0 Å². The molecule has 2 aliphatic heterocycles. The molecular weight excluding hydrogens is 765 g/mol. The van der Waals surface area contributed by atoms with Crippen molar-refractivity contribution in [1.29, 1.82) is 0 Å². The second-order valence-corrected chi connectivity index (χ2v) is 16.7. The Balaban J connectivity index is 0.954. The molecule has 8 rings (SSSR count). The Morgan fingerprint density at radius 2 is 1.38 bits per heavy atom. The molecule has 1 spiro atoms. The highest BCUT2D eigenvalue weighted by Crippen LogP contribution is 2.58. The molecule has 4 atom stereocenters. The van der Waals surface area contributed by atoms with Gasteiger partial charge in [-0.1, -0.05) is 62.4 Å². The van der Waals surface area contributed by atoms with Crippen LogP contribution in [0.2, 0.25) is 0 Å². The summed E-state index contributed by atoms with van der Waals surface area (Å²) in [5, 5.41) is 7.42. The van der Waals surface area contributed by atoms with Crippen LogP contribution in [0.15, 0.2) is 73.1 Å². The summed E-state index contributed by atoms with van der Waals surface area (Å²) in [6.45, 7) is 5.36. The average molecular weight is 817 g/mol. The Bertz CT molecular complexity index is 2390. The number of nitrogens with one attached hydrogen (secondary N) is 4. The molecule has 15 nitrogen and oxygen atoms in total. The highest BCUT2D eigenvalue weighted by Gasteiger charge is 2.55. The number of fused-ring (bicyclic) bond motifs is 1. The maximum absolute atomic E-state index is 13.9. The zero-order valence-corrected chi connectivity index (χ0v) is 34.6. The van der Waals surface area contributed by atoms with Gasteiger partial charge in [0.15, 0.2) is 0 Å². The molecule has 4 N–H and O–H groups in total. The third-order valence-corrected chi connectivity index (χ3v) is 12.3. The number of ether oxygens (including phenoxy) is 3. The van der Waals surface area contributed by atoms with Crippen molar-refractivity contribution in [2.75, 3.05) is 47.6 Å². The van der Waals surface area contributed by atoms with Crippen LogP contribution >= 0.6 is 0 Å². The van der Waals surface area contributed by atoms with Gasteiger partial charge in [0.25, 0.3) is 0 Å². The smallest absolute Gasteiger partial charge is 0.407 e. The van der Waals surface area contributed by atoms with E-state index in [1.54, 1.807) is 18.2 Å². The van der Waals surface area contributed by atoms with Gasteiger partial charge in [0.2, 0.25) is 11.8 Å². The zero-order valence-electron chi connectivity index (χ0n) is 34.6. The van der Waals surface area contributed by atoms with Crippen LogP contribution in [0.25, 0.3) is 44.4 Å². The zero-order chi connectivity index (χ0) is 42.1. The molecule has 5 aromatic rings. The minimum absolute atomic E-state index is 0.107. The molecule has 0 bridgehead atoms. The number of imidazole rings is 2. The molecule has 3 fully saturated rings. The van der Waals surface area contributed by atoms with Crippen molar-refractivity contribution < 1.29 is 33.4 Å². The topological polar surface area (TPSA) is 184 Å². The highest BCUT2D eigenvalue weighted by atomic mass is 16.5. The van der Waals surface area contributed by atoms with Crippen molar-refractivity contribution in [1.82, 2.24) is 40.4 Å². The Hall–Kier alpha value is -6.22. The number of amides is 4. The first-order valence-corrected chi connectivity index (χ1v) is 20.5. The highest BCUT2D eigenvalue weighted by molar-refractivity contribution is 5.91. The summed E-state index contributed by atoms with van der Waals surface area (Å²) in [6.07, 6.45) is 6.06. The molecule has 4 amide bonds. The summed E-state index contributed by atoms with van der Waals surface area (Å²) in [5.41, 5.74) is 5.96. The molecule has 1 saturated carbocycles. The number of methoxy groups -OCH3 is 3. The summed E-state index contributed by atoms with van der Waals surface area (Å²) in [6, 6.07) is 19.9. The fraction of sp³-hybridized carbons (Fsp3) is 0.422. The Labute approximate surface area is 348 Å². The lowest BCUT2D eigenvalue weighted by atomic mass is 9.98. The molecule has 314 valence electrons. The second kappa shape index (κ2) is 16.8. The van der Waals surface area contributed by atoms with E-state index in [9.17, 15) is 19.2 Å². The van der Waals surface area contributed by atoms with Crippen LogP contribution in [-0.2, 0) is 23.8 Å². The number of nitrogens with zero attached hydrogens (tertiary/aromatic N) is 4. The van der Waals surface area contributed by atoms with Crippen molar-refractivity contribution in [3.8, 4) is 33.6 Å². The van der Waals surface area contributed by atoms with E-state index in [2.05, 4.69) is 91.0 Å². The van der Waals surface area contributed by atoms with Crippen LogP contribution in [-0.4, -0.2) is 107 Å². The molecule has 3 aliphatic rings. The number of aromatic nitrogens is 4. The van der Waals surface area contributed by atoms with Crippen LogP contribution in [0.5, 0.6) is 0 Å². The molecular formula is C45H52N8O7. The van der Waals surface area contributed by atoms with Crippen LogP contribution < -0.4 is 10.6 Å². The summed E-state index contributed by atoms with van der Waals surface area (Å²) < 4.78 is 14.8. The van der Waals surface area contributed by atoms with Crippen LogP contribution in [0.4, 0.5) is 9.59 Å². The number of carbonyl (C=O) groups excluding carboxylic acids is 4. The van der Waals surface area contributed by atoms with E-state index in [0.29, 0.717) is 31.9 Å². The number of H-pyrrole nitrogens is 2. The van der Waals surface area contributed by atoms with Gasteiger partial charge < -0.3 is 44.6 Å². The molecule has 2 aromatic heterocycles. The Kier molecular flexibility index (Phi) is 11.4. The van der Waals surface area contributed by atoms with E-state index in [-0.39, 0.29) is 47.7 Å². The predicted octanol–water partition coefficient (Wildman–Crippen LogP) is 6.61. The first-order chi connectivity index (χ1) is 29.0. The van der Waals surface area contributed by atoms with Crippen LogP contribution in [0.1, 0.15) is 63.3 Å². The monoisotopic (exact) mass is 816 g/mol. The lowest BCUT2D eigenvalue weighted by Crippen LogP contribution is -2.51. The van der Waals surface area contributed by atoms with E-state index in [1.165, 1.54) is 14.2 Å². The van der Waals surface area contributed by atoms with Gasteiger partial charge in [-0.25, -0.2) is 19.6 Å². The maximum atomic E-state index is 13.9. The minimum atomic E-state index is -0.690. The van der Waals surface area contributed by atoms with Crippen molar-refractivity contribution in [3.05, 3.63) is 84.7 Å². The fourth-order valence-electron chi connectivity index (χ4n) is 8.83. The van der Waals surface area contributed by atoms with Crippen molar-refractivity contribution in [2.24, 2.45) is 17.3 Å². The first kappa shape index (κ1) is 40.6. The Morgan fingerprint density at radius 3 is 2.02 bits per heavy atom. The van der Waals surface area contributed by atoms with Crippen LogP contribution in [0.3, 0.4) is 0 Å². The lowest BCUT2D eigenvalue weighted by molar-refractivity contribution is -0.135. The van der Waals surface area contributed by atoms with Gasteiger partial charge in [0.1, 0.15) is 24.2 Å². The number of carbonyl (C=O) groups is 4. The number of benzene rings is 3. The number of aromatic amines is 2. The van der Waals surface area contributed by atoms with Gasteiger partial charge in [-0.15, -0.1) is 0 Å². The van der Waals surface area contributed by atoms with Gasteiger partial charge >= 0.3 is 12.2 Å². The third kappa shape index (κ3) is 8.31. The first-order valence-electron chi connectivity index (χ1n) is 20.5. The molecule has 2 saturated heterocycles. The fourth-order valence-corrected chi connectivity index (χ4v) is 8.83. The summed E-state index contributed by atoms with van der Waals surface area (Å²) >= 11 is 0. The third-order valence-electron chi connectivity index (χ3n) is 12.3. The number of hydrogen-bond donors (Lipinski definition) is 4. The van der Waals surface area contributed by atoms with E-state index < -0.39 is 18.2 Å². The van der Waals surface area contributed by atoms with Gasteiger partial charge in [-0.05, 0) is 76.6 Å². The molecule has 60 heavy (non-hydrogen) atoms. The van der Waals surface area contributed by atoms with E-state index in [4.69, 9.17) is 14.5 Å². The molecule has 4 heterocycles. The van der Waals surface area contributed by atoms with Gasteiger partial charge in [0, 0.05) is 31.7 Å². The number of likely N-dealkylation sites (tertiary alicyclic amines) is 2. The minimum Gasteiger partial charge on any atom is -0.453 e. The van der Waals surface area contributed by atoms with Gasteiger partial charge in [-0.2, -0.15) is 0 Å². The number of alkyl carbamates (subject to hydrolysis) is 2. The second-order valence-electron chi connectivity index (χ2n) is 16.7. The largest absolute Gasteiger partial charge is 0.453 e. The SMILES string of the molecule is COC[C@H]1C[C@@H](c2ncc(-c3ccc(-c4ccc5cc(-c6cnc([C@@H]7CC8(CC8)CN7C(=O)[C@@H](NC(=O)OC)C(C)C)[nH]6)ccc5c4)cc3)[nH]2)N(C(=O)CNC(=O)OC)C1. The summed E-state index contributed by atoms with van der Waals surface area (Å²) in [7, 11) is 4.22. The number of rotatable bonds is 12. The molecule has 15 heteroatoms. The van der Waals surface area contributed by atoms with Crippen molar-refractivity contribution in [2.45, 2.75) is 57.7 Å². The lowest BCUT2D eigenvalue weighted by Gasteiger charge is -2.30. The molecule has 1 aliphatic carbocycles. The quantitative estimate of drug-likeness (QED) is 0.108. The van der Waals surface area contributed by atoms with Crippen LogP contribution in [0, 0.1) is 17.3 Å². The molecule has 0 radical (unpaired) electrons. The van der Waals surface area contributed by atoms with Crippen molar-refractivity contribution >= 4 is 34.8 Å². The number of hydrogen-bond acceptors (Lipinski definition) is 9. The normalized spacial score (nSPS) is 19.8. The molecule has 3 aromatic carbocycles. The molecule has 0 unspecified atom stereocenters. The van der Waals surface area contributed by atoms with Gasteiger partial charge in [0.05, 0.1) is 56.7 Å².